The van der Waals surface area contributed by atoms with Gasteiger partial charge in [0.2, 0.25) is 0 Å². The molecule has 144 valence electrons. The van der Waals surface area contributed by atoms with E-state index in [0.29, 0.717) is 0 Å². The summed E-state index contributed by atoms with van der Waals surface area (Å²) in [6, 6.07) is 21.0. The van der Waals surface area contributed by atoms with E-state index in [0.717, 1.165) is 0 Å². The van der Waals surface area contributed by atoms with E-state index in [-0.39, 0.29) is 0 Å². The van der Waals surface area contributed by atoms with Gasteiger partial charge in [-0.25, -0.2) is 17.2 Å². The average Bonchev–Trinajstić information content (AvgIpc) is 2.56. The molecule has 0 heterocycles. The van der Waals surface area contributed by atoms with Gasteiger partial charge >= 0.3 is 17.6 Å². The van der Waals surface area contributed by atoms with Crippen molar-refractivity contribution >= 4 is 21.9 Å². The van der Waals surface area contributed by atoms with Crippen LogP contribution in [0.25, 0.3) is 0 Å². The van der Waals surface area contributed by atoms with E-state index in [2.05, 4.69) is 48.5 Å². The summed E-state index contributed by atoms with van der Waals surface area (Å²) in [6.07, 6.45) is -4.94. The molecule has 2 aromatic rings. The lowest BCUT2D eigenvalue weighted by Gasteiger charge is -2.27. The molecule has 0 bridgehead atoms. The smallest absolute Gasteiger partial charge is 0.402 e. The first kappa shape index (κ1) is 22.3. The summed E-state index contributed by atoms with van der Waals surface area (Å²) < 4.78 is 98.0. The molecule has 0 spiro atoms. The van der Waals surface area contributed by atoms with Crippen LogP contribution in [-0.4, -0.2) is 30.6 Å². The van der Waals surface area contributed by atoms with Gasteiger partial charge in [0.1, 0.15) is 0 Å². The van der Waals surface area contributed by atoms with Gasteiger partial charge in [-0.15, -0.1) is 0 Å². The van der Waals surface area contributed by atoms with Crippen LogP contribution in [0.4, 0.5) is 26.3 Å². The van der Waals surface area contributed by atoms with Crippen LogP contribution in [0.3, 0.4) is 0 Å². The zero-order valence-electron chi connectivity index (χ0n) is 12.7. The third-order valence-corrected chi connectivity index (χ3v) is 4.76. The molecule has 0 saturated heterocycles. The first-order chi connectivity index (χ1) is 11.9. The summed E-state index contributed by atoms with van der Waals surface area (Å²) in [5.41, 5.74) is 0. The molecule has 11 heteroatoms. The predicted molar refractivity (Wildman–Crippen MR) is 83.8 cm³/mol. The van der Waals surface area contributed by atoms with Crippen molar-refractivity contribution < 1.29 is 39.3 Å². The minimum absolute atomic E-state index is 1.28. The highest BCUT2D eigenvalue weighted by atomic mass is 32.2. The summed E-state index contributed by atoms with van der Waals surface area (Å²) in [6.45, 7) is 0. The normalized spacial score (nSPS) is 12.5. The lowest BCUT2D eigenvalue weighted by molar-refractivity contribution is -0.227. The summed E-state index contributed by atoms with van der Waals surface area (Å²) in [5, 5.41) is -6.31. The van der Waals surface area contributed by atoms with Gasteiger partial charge in [0.15, 0.2) is 19.9 Å². The second-order valence-corrected chi connectivity index (χ2v) is 7.35. The molecule has 0 unspecified atom stereocenters. The first-order valence-corrected chi connectivity index (χ1v) is 9.01. The van der Waals surface area contributed by atoms with E-state index in [1.54, 1.807) is 0 Å². The van der Waals surface area contributed by atoms with Crippen LogP contribution in [0.5, 0.6) is 0 Å². The Labute approximate surface area is 149 Å². The van der Waals surface area contributed by atoms with Crippen molar-refractivity contribution in [2.75, 3.05) is 0 Å². The Hall–Kier alpha value is -1.72. The topological polar surface area (TPSA) is 57.2 Å². The monoisotopic (exact) mass is 418 g/mol. The fraction of sp³-hybridized carbons (Fsp3) is 0.200. The molecule has 0 aromatic heterocycles. The molecule has 3 nitrogen and oxygen atoms in total. The predicted octanol–water partition coefficient (Wildman–Crippen LogP) is 3.94. The largest absolute Gasteiger partial charge is 0.743 e. The Balaban J connectivity index is 0.000000260. The number of thiol groups is 1. The molecule has 0 fully saturated rings. The minimum atomic E-state index is -6.82. The molecule has 0 aliphatic rings. The summed E-state index contributed by atoms with van der Waals surface area (Å²) in [4.78, 5) is 2.68. The molecular weight excluding hydrogens is 406 g/mol. The van der Waals surface area contributed by atoms with Gasteiger partial charge in [-0.2, -0.15) is 17.6 Å². The van der Waals surface area contributed by atoms with Gasteiger partial charge in [-0.05, 0) is 24.3 Å². The molecule has 0 N–H and O–H groups in total. The molecule has 0 aliphatic carbocycles. The van der Waals surface area contributed by atoms with E-state index in [4.69, 9.17) is 0 Å². The maximum Gasteiger partial charge on any atom is 0.402 e. The number of rotatable bonds is 5. The third kappa shape index (κ3) is 5.64. The Morgan fingerprint density at radius 2 is 1.15 bits per heavy atom. The maximum absolute atomic E-state index is 11.8. The molecular formula is C15H12F6O3S2. The summed E-state index contributed by atoms with van der Waals surface area (Å²) >= 11 is 1.28. The van der Waals surface area contributed by atoms with Gasteiger partial charge < -0.3 is 4.55 Å². The number of halogens is 6. The van der Waals surface area contributed by atoms with Crippen LogP contribution in [0, 0.1) is 0 Å². The van der Waals surface area contributed by atoms with Crippen LogP contribution < -0.4 is 0 Å². The minimum Gasteiger partial charge on any atom is -0.743 e. The Morgan fingerprint density at radius 3 is 1.38 bits per heavy atom. The zero-order chi connectivity index (χ0) is 20.0. The van der Waals surface area contributed by atoms with Gasteiger partial charge in [0.25, 0.3) is 0 Å². The van der Waals surface area contributed by atoms with Crippen molar-refractivity contribution in [3.05, 3.63) is 60.7 Å². The first-order valence-electron chi connectivity index (χ1n) is 6.70. The Morgan fingerprint density at radius 1 is 0.808 bits per heavy atom. The molecule has 0 saturated carbocycles. The maximum atomic E-state index is 11.8. The highest BCUT2D eigenvalue weighted by molar-refractivity contribution is 7.86. The third-order valence-electron chi connectivity index (χ3n) is 2.75. The van der Waals surface area contributed by atoms with Crippen LogP contribution in [-0.2, 0) is 21.9 Å². The molecule has 26 heavy (non-hydrogen) atoms. The van der Waals surface area contributed by atoms with E-state index in [9.17, 15) is 39.3 Å². The number of benzene rings is 2. The molecule has 0 atom stereocenters. The average molecular weight is 418 g/mol. The van der Waals surface area contributed by atoms with E-state index in [1.807, 2.05) is 12.1 Å². The van der Waals surface area contributed by atoms with Crippen molar-refractivity contribution in [1.29, 1.82) is 0 Å². The number of alkyl halides is 6. The fourth-order valence-electron chi connectivity index (χ4n) is 1.45. The van der Waals surface area contributed by atoms with E-state index >= 15 is 0 Å². The molecule has 2 aromatic carbocycles. The lowest BCUT2D eigenvalue weighted by atomic mass is 10.4. The van der Waals surface area contributed by atoms with Gasteiger partial charge in [0, 0.05) is 11.8 Å². The molecule has 0 amide bonds. The standard InChI is InChI=1S/C12H10S.C3H2F6O3S/c1-3-7-11(8-4-1)13-12-9-5-2-6-10-12;4-1(5)2(6,7)3(8,9)13(10,11)12/h1-10H;1H,(H,10,11,12). The van der Waals surface area contributed by atoms with Crippen molar-refractivity contribution in [3.8, 4) is 0 Å². The fourth-order valence-corrected chi connectivity index (χ4v) is 2.81. The van der Waals surface area contributed by atoms with E-state index in [1.165, 1.54) is 21.6 Å². The highest BCUT2D eigenvalue weighted by Gasteiger charge is 2.67. The van der Waals surface area contributed by atoms with Crippen molar-refractivity contribution in [2.45, 2.75) is 27.4 Å². The van der Waals surface area contributed by atoms with Crippen LogP contribution in [0.15, 0.2) is 70.5 Å². The number of hydrogen-bond acceptors (Lipinski definition) is 3. The van der Waals surface area contributed by atoms with Crippen molar-refractivity contribution in [1.82, 2.24) is 0 Å². The Bertz CT molecular complexity index is 746. The van der Waals surface area contributed by atoms with Crippen LogP contribution >= 0.6 is 0 Å². The van der Waals surface area contributed by atoms with Crippen LogP contribution in [0.1, 0.15) is 0 Å². The highest BCUT2D eigenvalue weighted by Crippen LogP contribution is 2.42. The van der Waals surface area contributed by atoms with Crippen molar-refractivity contribution in [2.24, 2.45) is 0 Å². The second-order valence-electron chi connectivity index (χ2n) is 4.68. The SMILES string of the molecule is O=S(=O)([O-])C(F)(F)C(F)(F)C(F)F.c1ccc([SH+]c2ccccc2)cc1. The molecule has 0 radical (unpaired) electrons. The number of hydrogen-bond donors (Lipinski definition) is 0. The lowest BCUT2D eigenvalue weighted by Crippen LogP contribution is -2.51. The molecule has 2 rings (SSSR count). The summed E-state index contributed by atoms with van der Waals surface area (Å²) in [5.74, 6) is -6.19. The van der Waals surface area contributed by atoms with Crippen molar-refractivity contribution in [3.63, 3.8) is 0 Å². The van der Waals surface area contributed by atoms with Gasteiger partial charge in [-0.3, -0.25) is 0 Å². The zero-order valence-corrected chi connectivity index (χ0v) is 14.4. The molecule has 0 aliphatic heterocycles. The Kier molecular flexibility index (Phi) is 7.54. The van der Waals surface area contributed by atoms with E-state index < -0.39 is 27.7 Å². The van der Waals surface area contributed by atoms with Gasteiger partial charge in [0.05, 0.1) is 0 Å². The van der Waals surface area contributed by atoms with Crippen LogP contribution in [0.2, 0.25) is 0 Å². The second kappa shape index (κ2) is 8.78. The quantitative estimate of drug-likeness (QED) is 0.320. The van der Waals surface area contributed by atoms with Gasteiger partial charge in [-0.1, -0.05) is 36.4 Å². The summed E-state index contributed by atoms with van der Waals surface area (Å²) in [7, 11) is -6.82.